The molecule has 0 saturated carbocycles. The summed E-state index contributed by atoms with van der Waals surface area (Å²) in [5.74, 6) is -1.30. The Morgan fingerprint density at radius 2 is 1.96 bits per heavy atom. The van der Waals surface area contributed by atoms with Crippen molar-refractivity contribution in [2.24, 2.45) is 0 Å². The van der Waals surface area contributed by atoms with E-state index in [1.165, 1.54) is 7.11 Å². The molecule has 2 amide bonds. The first-order chi connectivity index (χ1) is 13.3. The molecule has 0 aliphatic carbocycles. The van der Waals surface area contributed by atoms with E-state index >= 15 is 0 Å². The highest BCUT2D eigenvalue weighted by Crippen LogP contribution is 2.36. The summed E-state index contributed by atoms with van der Waals surface area (Å²) in [5, 5.41) is 12.3. The predicted molar refractivity (Wildman–Crippen MR) is 105 cm³/mol. The third-order valence-corrected chi connectivity index (χ3v) is 4.91. The van der Waals surface area contributed by atoms with E-state index in [0.29, 0.717) is 27.7 Å². The van der Waals surface area contributed by atoms with Gasteiger partial charge in [0.2, 0.25) is 5.91 Å². The topological polar surface area (TPSA) is 95.9 Å². The normalized spacial score (nSPS) is 16.4. The largest absolute Gasteiger partial charge is 0.495 e. The molecule has 2 aromatic rings. The van der Waals surface area contributed by atoms with Crippen molar-refractivity contribution in [1.82, 2.24) is 0 Å². The molecule has 1 aliphatic rings. The van der Waals surface area contributed by atoms with Crippen LogP contribution >= 0.6 is 11.6 Å². The molecule has 1 atom stereocenters. The van der Waals surface area contributed by atoms with Crippen LogP contribution in [0.2, 0.25) is 5.02 Å². The van der Waals surface area contributed by atoms with Gasteiger partial charge in [-0.2, -0.15) is 0 Å². The number of benzene rings is 2. The van der Waals surface area contributed by atoms with E-state index in [-0.39, 0.29) is 24.7 Å². The van der Waals surface area contributed by atoms with Crippen molar-refractivity contribution >= 4 is 40.8 Å². The fraction of sp³-hybridized carbons (Fsp3) is 0.250. The molecule has 0 unspecified atom stereocenters. The van der Waals surface area contributed by atoms with Crippen molar-refractivity contribution in [3.63, 3.8) is 0 Å². The van der Waals surface area contributed by atoms with E-state index < -0.39 is 12.0 Å². The minimum atomic E-state index is -0.917. The Bertz CT molecular complexity index is 942. The molecule has 146 valence electrons. The number of anilines is 2. The SMILES string of the molecule is COc1cc(Cl)c(C)cc1N1C(=O)C[C@H](Nc2ccc(CC(=O)O)cc2)C1=O. The van der Waals surface area contributed by atoms with Crippen molar-refractivity contribution in [2.75, 3.05) is 17.3 Å². The van der Waals surface area contributed by atoms with Crippen molar-refractivity contribution in [3.8, 4) is 5.75 Å². The van der Waals surface area contributed by atoms with Gasteiger partial charge in [0.1, 0.15) is 11.8 Å². The van der Waals surface area contributed by atoms with Gasteiger partial charge in [-0.05, 0) is 36.2 Å². The fourth-order valence-corrected chi connectivity index (χ4v) is 3.23. The van der Waals surface area contributed by atoms with Crippen LogP contribution in [0.15, 0.2) is 36.4 Å². The number of carboxylic acid groups (broad SMARTS) is 1. The highest BCUT2D eigenvalue weighted by molar-refractivity contribution is 6.32. The molecule has 0 spiro atoms. The average molecular weight is 403 g/mol. The molecule has 2 N–H and O–H groups in total. The van der Waals surface area contributed by atoms with Crippen LogP contribution in [0, 0.1) is 6.92 Å². The highest BCUT2D eigenvalue weighted by atomic mass is 35.5. The van der Waals surface area contributed by atoms with Crippen LogP contribution in [0.5, 0.6) is 5.75 Å². The van der Waals surface area contributed by atoms with Crippen LogP contribution in [-0.4, -0.2) is 36.0 Å². The number of halogens is 1. The average Bonchev–Trinajstić information content (AvgIpc) is 2.91. The zero-order valence-corrected chi connectivity index (χ0v) is 16.1. The first-order valence-electron chi connectivity index (χ1n) is 8.58. The number of rotatable bonds is 6. The molecule has 0 radical (unpaired) electrons. The third-order valence-electron chi connectivity index (χ3n) is 4.50. The van der Waals surface area contributed by atoms with Crippen LogP contribution in [0.25, 0.3) is 0 Å². The smallest absolute Gasteiger partial charge is 0.307 e. The molecule has 0 bridgehead atoms. The van der Waals surface area contributed by atoms with Crippen molar-refractivity contribution < 1.29 is 24.2 Å². The second-order valence-electron chi connectivity index (χ2n) is 6.51. The van der Waals surface area contributed by atoms with Crippen molar-refractivity contribution in [2.45, 2.75) is 25.8 Å². The van der Waals surface area contributed by atoms with Gasteiger partial charge in [0, 0.05) is 16.8 Å². The van der Waals surface area contributed by atoms with E-state index in [2.05, 4.69) is 5.32 Å². The van der Waals surface area contributed by atoms with Crippen LogP contribution in [0.4, 0.5) is 11.4 Å². The summed E-state index contributed by atoms with van der Waals surface area (Å²) in [6.07, 6.45) is -0.0782. The highest BCUT2D eigenvalue weighted by Gasteiger charge is 2.41. The number of hydrogen-bond acceptors (Lipinski definition) is 5. The third kappa shape index (κ3) is 3.94. The summed E-state index contributed by atoms with van der Waals surface area (Å²) in [6.45, 7) is 1.78. The van der Waals surface area contributed by atoms with E-state index in [9.17, 15) is 14.4 Å². The van der Waals surface area contributed by atoms with Gasteiger partial charge < -0.3 is 15.2 Å². The molecule has 8 heteroatoms. The number of amides is 2. The minimum absolute atomic E-state index is 0.000535. The Labute approximate surface area is 166 Å². The number of carbonyl (C=O) groups is 3. The number of hydrogen-bond donors (Lipinski definition) is 2. The Morgan fingerprint density at radius 3 is 2.57 bits per heavy atom. The maximum Gasteiger partial charge on any atom is 0.307 e. The summed E-state index contributed by atoms with van der Waals surface area (Å²) in [5.41, 5.74) is 2.36. The quantitative estimate of drug-likeness (QED) is 0.721. The minimum Gasteiger partial charge on any atom is -0.495 e. The van der Waals surface area contributed by atoms with Gasteiger partial charge >= 0.3 is 5.97 Å². The molecule has 3 rings (SSSR count). The number of methoxy groups -OCH3 is 1. The lowest BCUT2D eigenvalue weighted by atomic mass is 10.1. The number of aryl methyl sites for hydroxylation is 1. The Hall–Kier alpha value is -3.06. The fourth-order valence-electron chi connectivity index (χ4n) is 3.08. The van der Waals surface area contributed by atoms with Crippen LogP contribution in [-0.2, 0) is 20.8 Å². The van der Waals surface area contributed by atoms with Gasteiger partial charge in [-0.25, -0.2) is 4.90 Å². The summed E-state index contributed by atoms with van der Waals surface area (Å²) in [6, 6.07) is 9.22. The van der Waals surface area contributed by atoms with Crippen LogP contribution in [0.3, 0.4) is 0 Å². The Kier molecular flexibility index (Phi) is 5.56. The van der Waals surface area contributed by atoms with Crippen molar-refractivity contribution in [3.05, 3.63) is 52.5 Å². The number of aliphatic carboxylic acids is 1. The number of ether oxygens (including phenoxy) is 1. The second kappa shape index (κ2) is 7.90. The molecular formula is C20H19ClN2O5. The van der Waals surface area contributed by atoms with Crippen LogP contribution < -0.4 is 15.0 Å². The van der Waals surface area contributed by atoms with E-state index in [1.54, 1.807) is 43.3 Å². The Morgan fingerprint density at radius 1 is 1.29 bits per heavy atom. The summed E-state index contributed by atoms with van der Waals surface area (Å²) in [4.78, 5) is 37.3. The van der Waals surface area contributed by atoms with E-state index in [4.69, 9.17) is 21.4 Å². The molecule has 1 saturated heterocycles. The van der Waals surface area contributed by atoms with Crippen molar-refractivity contribution in [1.29, 1.82) is 0 Å². The number of nitrogens with zero attached hydrogens (tertiary/aromatic N) is 1. The number of carboxylic acids is 1. The predicted octanol–water partition coefficient (Wildman–Crippen LogP) is 3.03. The maximum atomic E-state index is 12.9. The molecule has 7 nitrogen and oxygen atoms in total. The van der Waals surface area contributed by atoms with E-state index in [0.717, 1.165) is 10.5 Å². The van der Waals surface area contributed by atoms with Gasteiger partial charge in [-0.3, -0.25) is 14.4 Å². The second-order valence-corrected chi connectivity index (χ2v) is 6.92. The Balaban J connectivity index is 1.81. The molecule has 1 aliphatic heterocycles. The summed E-state index contributed by atoms with van der Waals surface area (Å²) in [7, 11) is 1.45. The lowest BCUT2D eigenvalue weighted by Gasteiger charge is -2.19. The number of carbonyl (C=O) groups excluding carboxylic acids is 2. The molecular weight excluding hydrogens is 384 g/mol. The van der Waals surface area contributed by atoms with Crippen LogP contribution in [0.1, 0.15) is 17.5 Å². The molecule has 1 heterocycles. The molecule has 1 fully saturated rings. The zero-order chi connectivity index (χ0) is 20.4. The maximum absolute atomic E-state index is 12.9. The lowest BCUT2D eigenvalue weighted by molar-refractivity contribution is -0.136. The first-order valence-corrected chi connectivity index (χ1v) is 8.96. The number of imide groups is 1. The van der Waals surface area contributed by atoms with Gasteiger partial charge in [0.05, 0.1) is 25.6 Å². The molecule has 28 heavy (non-hydrogen) atoms. The molecule has 0 aromatic heterocycles. The van der Waals surface area contributed by atoms with Gasteiger partial charge in [0.25, 0.3) is 5.91 Å². The molecule has 2 aromatic carbocycles. The van der Waals surface area contributed by atoms with Gasteiger partial charge in [0.15, 0.2) is 0 Å². The van der Waals surface area contributed by atoms with E-state index in [1.807, 2.05) is 0 Å². The summed E-state index contributed by atoms with van der Waals surface area (Å²) < 4.78 is 5.29. The van der Waals surface area contributed by atoms with Gasteiger partial charge in [-0.15, -0.1) is 0 Å². The standard InChI is InChI=1S/C20H19ClN2O5/c1-11-7-16(17(28-2)9-14(11)21)23-18(24)10-15(20(23)27)22-13-5-3-12(4-6-13)8-19(25)26/h3-7,9,15,22H,8,10H2,1-2H3,(H,25,26)/t15-/m0/s1. The monoisotopic (exact) mass is 402 g/mol. The first kappa shape index (κ1) is 19.7. The zero-order valence-electron chi connectivity index (χ0n) is 15.4. The summed E-state index contributed by atoms with van der Waals surface area (Å²) >= 11 is 6.11. The lowest BCUT2D eigenvalue weighted by Crippen LogP contribution is -2.35. The van der Waals surface area contributed by atoms with Gasteiger partial charge in [-0.1, -0.05) is 23.7 Å². The number of nitrogens with one attached hydrogen (secondary N) is 1.